The molecule has 0 aliphatic carbocycles. The first-order valence-corrected chi connectivity index (χ1v) is 9.61. The van der Waals surface area contributed by atoms with E-state index in [1.165, 1.54) is 23.5 Å². The number of halogens is 1. The van der Waals surface area contributed by atoms with Gasteiger partial charge in [-0.1, -0.05) is 18.2 Å². The van der Waals surface area contributed by atoms with Crippen LogP contribution < -0.4 is 10.1 Å². The van der Waals surface area contributed by atoms with Crippen LogP contribution in [-0.4, -0.2) is 21.9 Å². The number of carbonyl (C=O) groups is 1. The van der Waals surface area contributed by atoms with Gasteiger partial charge in [0.15, 0.2) is 11.6 Å². The van der Waals surface area contributed by atoms with Crippen molar-refractivity contribution in [2.24, 2.45) is 0 Å². The fourth-order valence-electron chi connectivity index (χ4n) is 3.05. The minimum Gasteiger partial charge on any atom is -0.483 e. The van der Waals surface area contributed by atoms with Crippen molar-refractivity contribution in [1.82, 2.24) is 9.38 Å². The zero-order valence-corrected chi connectivity index (χ0v) is 16.2. The molecule has 1 amide bonds. The van der Waals surface area contributed by atoms with Crippen molar-refractivity contribution >= 4 is 28.0 Å². The van der Waals surface area contributed by atoms with Crippen molar-refractivity contribution in [2.45, 2.75) is 13.8 Å². The Balaban J connectivity index is 1.58. The van der Waals surface area contributed by atoms with E-state index in [4.69, 9.17) is 4.74 Å². The normalized spacial score (nSPS) is 11.0. The molecule has 2 aromatic carbocycles. The van der Waals surface area contributed by atoms with Crippen LogP contribution in [0.25, 0.3) is 16.2 Å². The first-order chi connectivity index (χ1) is 13.5. The average molecular weight is 395 g/mol. The Morgan fingerprint density at radius 1 is 1.18 bits per heavy atom. The molecular weight excluding hydrogens is 377 g/mol. The number of hydrogen-bond donors (Lipinski definition) is 1. The first kappa shape index (κ1) is 18.2. The van der Waals surface area contributed by atoms with Crippen molar-refractivity contribution in [1.29, 1.82) is 0 Å². The summed E-state index contributed by atoms with van der Waals surface area (Å²) in [7, 11) is 0. The van der Waals surface area contributed by atoms with E-state index < -0.39 is 0 Å². The smallest absolute Gasteiger partial charge is 0.263 e. The highest BCUT2D eigenvalue weighted by Gasteiger charge is 2.18. The lowest BCUT2D eigenvalue weighted by atomic mass is 10.1. The zero-order valence-electron chi connectivity index (χ0n) is 15.4. The third kappa shape index (κ3) is 3.48. The molecule has 2 aromatic heterocycles. The van der Waals surface area contributed by atoms with Crippen LogP contribution in [0.4, 0.5) is 10.2 Å². The molecule has 28 heavy (non-hydrogen) atoms. The molecule has 0 saturated heterocycles. The maximum absolute atomic E-state index is 13.3. The van der Waals surface area contributed by atoms with Gasteiger partial charge < -0.3 is 10.1 Å². The van der Waals surface area contributed by atoms with Crippen LogP contribution in [0.2, 0.25) is 0 Å². The summed E-state index contributed by atoms with van der Waals surface area (Å²) in [6.45, 7) is 3.77. The molecule has 0 unspecified atom stereocenters. The quantitative estimate of drug-likeness (QED) is 0.526. The number of amides is 1. The van der Waals surface area contributed by atoms with Crippen LogP contribution in [0, 0.1) is 19.7 Å². The van der Waals surface area contributed by atoms with Crippen molar-refractivity contribution in [3.63, 3.8) is 0 Å². The lowest BCUT2D eigenvalue weighted by Crippen LogP contribution is -2.21. The minimum absolute atomic E-state index is 0.119. The molecule has 7 heteroatoms. The van der Waals surface area contributed by atoms with E-state index >= 15 is 0 Å². The SMILES string of the molecule is Cc1cccc(C)c1OCC(=O)Nc1c(-c2ccc(F)cc2)nc2sccn12. The number of rotatable bonds is 5. The number of benzene rings is 2. The number of ether oxygens (including phenoxy) is 1. The largest absolute Gasteiger partial charge is 0.483 e. The first-order valence-electron chi connectivity index (χ1n) is 8.73. The van der Waals surface area contributed by atoms with Gasteiger partial charge in [0.1, 0.15) is 23.1 Å². The van der Waals surface area contributed by atoms with Gasteiger partial charge >= 0.3 is 0 Å². The molecule has 0 atom stereocenters. The molecule has 142 valence electrons. The summed E-state index contributed by atoms with van der Waals surface area (Å²) in [6.07, 6.45) is 1.84. The number of anilines is 1. The Bertz CT molecular complexity index is 1130. The number of fused-ring (bicyclic) bond motifs is 1. The van der Waals surface area contributed by atoms with E-state index in [9.17, 15) is 9.18 Å². The van der Waals surface area contributed by atoms with E-state index in [2.05, 4.69) is 10.3 Å². The predicted octanol–water partition coefficient (Wildman–Crippen LogP) is 4.84. The number of aryl methyl sites for hydroxylation is 2. The fourth-order valence-corrected chi connectivity index (χ4v) is 3.76. The van der Waals surface area contributed by atoms with Gasteiger partial charge in [-0.05, 0) is 49.2 Å². The lowest BCUT2D eigenvalue weighted by molar-refractivity contribution is -0.118. The van der Waals surface area contributed by atoms with Crippen molar-refractivity contribution in [3.05, 3.63) is 71.0 Å². The van der Waals surface area contributed by atoms with Gasteiger partial charge in [-0.15, -0.1) is 11.3 Å². The number of thiazole rings is 1. The summed E-state index contributed by atoms with van der Waals surface area (Å²) >= 11 is 1.46. The number of aromatic nitrogens is 2. The second-order valence-electron chi connectivity index (χ2n) is 6.43. The molecule has 0 saturated carbocycles. The van der Waals surface area contributed by atoms with E-state index in [-0.39, 0.29) is 18.3 Å². The Kier molecular flexibility index (Phi) is 4.83. The number of carbonyl (C=O) groups excluding carboxylic acids is 1. The average Bonchev–Trinajstić information content (AvgIpc) is 3.25. The molecule has 0 spiro atoms. The molecule has 0 fully saturated rings. The molecule has 0 bridgehead atoms. The van der Waals surface area contributed by atoms with E-state index in [1.807, 2.05) is 43.6 Å². The summed E-state index contributed by atoms with van der Waals surface area (Å²) in [5.74, 6) is 0.639. The standard InChI is InChI=1S/C21H18FN3O2S/c1-13-4-3-5-14(2)19(13)27-12-17(26)23-20-18(15-6-8-16(22)9-7-15)24-21-25(20)10-11-28-21/h3-11H,12H2,1-2H3,(H,23,26). The van der Waals surface area contributed by atoms with E-state index in [1.54, 1.807) is 16.5 Å². The Hall–Kier alpha value is -3.19. The van der Waals surface area contributed by atoms with E-state index in [0.29, 0.717) is 17.3 Å². The van der Waals surface area contributed by atoms with Gasteiger partial charge in [0.25, 0.3) is 5.91 Å². The van der Waals surface area contributed by atoms with Crippen LogP contribution in [0.3, 0.4) is 0 Å². The molecular formula is C21H18FN3O2S. The molecule has 4 aromatic rings. The van der Waals surface area contributed by atoms with Crippen LogP contribution in [-0.2, 0) is 4.79 Å². The van der Waals surface area contributed by atoms with Gasteiger partial charge in [-0.3, -0.25) is 9.20 Å². The van der Waals surface area contributed by atoms with Crippen LogP contribution in [0.5, 0.6) is 5.75 Å². The summed E-state index contributed by atoms with van der Waals surface area (Å²) in [5, 5.41) is 4.78. The third-order valence-electron chi connectivity index (χ3n) is 4.39. The van der Waals surface area contributed by atoms with Crippen molar-refractivity contribution < 1.29 is 13.9 Å². The molecule has 5 nitrogen and oxygen atoms in total. The van der Waals surface area contributed by atoms with Crippen LogP contribution >= 0.6 is 11.3 Å². The Labute approximate surface area is 165 Å². The topological polar surface area (TPSA) is 55.6 Å². The summed E-state index contributed by atoms with van der Waals surface area (Å²) in [4.78, 5) is 17.9. The molecule has 0 radical (unpaired) electrons. The predicted molar refractivity (Wildman–Crippen MR) is 109 cm³/mol. The fraction of sp³-hybridized carbons (Fsp3) is 0.143. The van der Waals surface area contributed by atoms with Gasteiger partial charge in [0, 0.05) is 17.1 Å². The molecule has 0 aliphatic rings. The highest BCUT2D eigenvalue weighted by molar-refractivity contribution is 7.15. The third-order valence-corrected chi connectivity index (χ3v) is 5.15. The Morgan fingerprint density at radius 3 is 2.61 bits per heavy atom. The van der Waals surface area contributed by atoms with Crippen LogP contribution in [0.15, 0.2) is 54.0 Å². The number of imidazole rings is 1. The Morgan fingerprint density at radius 2 is 1.89 bits per heavy atom. The molecule has 0 aliphatic heterocycles. The highest BCUT2D eigenvalue weighted by Crippen LogP contribution is 2.31. The summed E-state index contributed by atoms with van der Waals surface area (Å²) in [5.41, 5.74) is 3.27. The maximum atomic E-state index is 13.3. The van der Waals surface area contributed by atoms with Gasteiger partial charge in [0.05, 0.1) is 0 Å². The second-order valence-corrected chi connectivity index (χ2v) is 7.30. The second kappa shape index (κ2) is 7.44. The summed E-state index contributed by atoms with van der Waals surface area (Å²) < 4.78 is 20.8. The summed E-state index contributed by atoms with van der Waals surface area (Å²) in [6, 6.07) is 11.9. The van der Waals surface area contributed by atoms with Gasteiger partial charge in [0.2, 0.25) is 0 Å². The number of hydrogen-bond acceptors (Lipinski definition) is 4. The number of para-hydroxylation sites is 1. The van der Waals surface area contributed by atoms with Crippen molar-refractivity contribution in [2.75, 3.05) is 11.9 Å². The zero-order chi connectivity index (χ0) is 19.7. The number of nitrogens with zero attached hydrogens (tertiary/aromatic N) is 2. The number of nitrogens with one attached hydrogen (secondary N) is 1. The molecule has 2 heterocycles. The van der Waals surface area contributed by atoms with Gasteiger partial charge in [-0.25, -0.2) is 9.37 Å². The van der Waals surface area contributed by atoms with Crippen molar-refractivity contribution in [3.8, 4) is 17.0 Å². The van der Waals surface area contributed by atoms with E-state index in [0.717, 1.165) is 21.7 Å². The lowest BCUT2D eigenvalue weighted by Gasteiger charge is -2.12. The molecule has 4 rings (SSSR count). The highest BCUT2D eigenvalue weighted by atomic mass is 32.1. The monoisotopic (exact) mass is 395 g/mol. The molecule has 1 N–H and O–H groups in total. The van der Waals surface area contributed by atoms with Gasteiger partial charge in [-0.2, -0.15) is 0 Å². The van der Waals surface area contributed by atoms with Crippen LogP contribution in [0.1, 0.15) is 11.1 Å². The minimum atomic E-state index is -0.322. The maximum Gasteiger partial charge on any atom is 0.263 e.